The third-order valence-corrected chi connectivity index (χ3v) is 6.23. The topological polar surface area (TPSA) is 75.9 Å². The Balaban J connectivity index is 2.05. The number of methoxy groups -OCH3 is 1. The highest BCUT2D eigenvalue weighted by Crippen LogP contribution is 2.30. The Morgan fingerprint density at radius 1 is 1.57 bits per heavy atom. The Bertz CT molecular complexity index is 737. The molecule has 9 heteroatoms. The lowest BCUT2D eigenvalue weighted by Crippen LogP contribution is -2.31. The van der Waals surface area contributed by atoms with Crippen molar-refractivity contribution in [2.24, 2.45) is 0 Å². The number of nitrogens with one attached hydrogen (secondary N) is 1. The Morgan fingerprint density at radius 2 is 2.38 bits per heavy atom. The summed E-state index contributed by atoms with van der Waals surface area (Å²) in [6.07, 6.45) is 2.43. The molecule has 1 aliphatic heterocycles. The molecule has 0 aromatic carbocycles. The average molecular weight is 330 g/mol. The maximum atomic E-state index is 12.9. The molecule has 2 aromatic rings. The van der Waals surface area contributed by atoms with Crippen molar-refractivity contribution in [3.05, 3.63) is 11.6 Å². The van der Waals surface area contributed by atoms with E-state index in [0.717, 1.165) is 6.42 Å². The summed E-state index contributed by atoms with van der Waals surface area (Å²) < 4.78 is 34.3. The molecule has 0 radical (unpaired) electrons. The van der Waals surface area contributed by atoms with E-state index in [9.17, 15) is 8.42 Å². The molecule has 1 unspecified atom stereocenters. The third-order valence-electron chi connectivity index (χ3n) is 3.59. The Kier molecular flexibility index (Phi) is 3.91. The molecule has 1 saturated heterocycles. The molecule has 0 bridgehead atoms. The highest BCUT2D eigenvalue weighted by molar-refractivity contribution is 7.89. The molecule has 1 atom stereocenters. The zero-order valence-corrected chi connectivity index (χ0v) is 13.6. The van der Waals surface area contributed by atoms with Crippen molar-refractivity contribution in [3.63, 3.8) is 0 Å². The van der Waals surface area contributed by atoms with E-state index < -0.39 is 10.0 Å². The van der Waals surface area contributed by atoms with Crippen LogP contribution in [-0.2, 0) is 14.8 Å². The molecule has 3 rings (SSSR count). The second-order valence-corrected chi connectivity index (χ2v) is 7.59. The number of rotatable bonds is 5. The first kappa shape index (κ1) is 14.8. The summed E-state index contributed by atoms with van der Waals surface area (Å²) in [4.78, 5) is 5.05. The molecule has 0 aliphatic carbocycles. The van der Waals surface area contributed by atoms with Crippen LogP contribution in [0.4, 0.5) is 5.82 Å². The van der Waals surface area contributed by atoms with Crippen LogP contribution in [-0.4, -0.2) is 55.0 Å². The summed E-state index contributed by atoms with van der Waals surface area (Å²) in [5, 5.41) is 5.10. The first-order chi connectivity index (χ1) is 10.1. The third kappa shape index (κ3) is 2.44. The van der Waals surface area contributed by atoms with Crippen LogP contribution in [0.5, 0.6) is 0 Å². The largest absolute Gasteiger partial charge is 0.380 e. The smallest absolute Gasteiger partial charge is 0.262 e. The van der Waals surface area contributed by atoms with Crippen LogP contribution in [0.25, 0.3) is 4.96 Å². The molecule has 7 nitrogen and oxygen atoms in total. The quantitative estimate of drug-likeness (QED) is 0.892. The Morgan fingerprint density at radius 3 is 3.05 bits per heavy atom. The average Bonchev–Trinajstić information content (AvgIpc) is 3.13. The number of sulfonamides is 1. The van der Waals surface area contributed by atoms with Crippen LogP contribution < -0.4 is 5.32 Å². The van der Waals surface area contributed by atoms with Gasteiger partial charge in [-0.3, -0.25) is 4.40 Å². The number of imidazole rings is 1. The molecule has 0 spiro atoms. The van der Waals surface area contributed by atoms with Gasteiger partial charge in [0.05, 0.1) is 6.10 Å². The molecule has 3 heterocycles. The predicted molar refractivity (Wildman–Crippen MR) is 81.4 cm³/mol. The fourth-order valence-corrected chi connectivity index (χ4v) is 5.01. The van der Waals surface area contributed by atoms with E-state index in [0.29, 0.717) is 30.4 Å². The van der Waals surface area contributed by atoms with Crippen LogP contribution in [0.2, 0.25) is 0 Å². The van der Waals surface area contributed by atoms with Gasteiger partial charge in [-0.05, 0) is 13.3 Å². The maximum Gasteiger partial charge on any atom is 0.262 e. The van der Waals surface area contributed by atoms with E-state index in [4.69, 9.17) is 4.74 Å². The Labute approximate surface area is 127 Å². The van der Waals surface area contributed by atoms with Crippen molar-refractivity contribution in [1.82, 2.24) is 13.7 Å². The zero-order chi connectivity index (χ0) is 15.0. The molecule has 2 aromatic heterocycles. The first-order valence-corrected chi connectivity index (χ1v) is 9.12. The number of fused-ring (bicyclic) bond motifs is 1. The van der Waals surface area contributed by atoms with Gasteiger partial charge in [0, 0.05) is 38.3 Å². The second-order valence-electron chi connectivity index (χ2n) is 4.86. The van der Waals surface area contributed by atoms with Crippen molar-refractivity contribution in [2.45, 2.75) is 24.5 Å². The molecular formula is C12H18N4O3S2. The molecule has 0 amide bonds. The summed E-state index contributed by atoms with van der Waals surface area (Å²) in [5.74, 6) is 0.421. The van der Waals surface area contributed by atoms with Crippen molar-refractivity contribution < 1.29 is 13.2 Å². The molecular weight excluding hydrogens is 312 g/mol. The fourth-order valence-electron chi connectivity index (χ4n) is 2.52. The van der Waals surface area contributed by atoms with Crippen LogP contribution in [0.3, 0.4) is 0 Å². The van der Waals surface area contributed by atoms with Gasteiger partial charge in [-0.15, -0.1) is 11.3 Å². The molecule has 1 N–H and O–H groups in total. The van der Waals surface area contributed by atoms with Crippen LogP contribution in [0, 0.1) is 0 Å². The highest BCUT2D eigenvalue weighted by atomic mass is 32.2. The number of thiazole rings is 1. The van der Waals surface area contributed by atoms with E-state index in [1.807, 2.05) is 12.3 Å². The highest BCUT2D eigenvalue weighted by Gasteiger charge is 2.36. The van der Waals surface area contributed by atoms with Gasteiger partial charge < -0.3 is 10.1 Å². The number of aromatic nitrogens is 2. The van der Waals surface area contributed by atoms with Gasteiger partial charge in [-0.2, -0.15) is 4.31 Å². The van der Waals surface area contributed by atoms with Gasteiger partial charge in [-0.1, -0.05) is 0 Å². The minimum Gasteiger partial charge on any atom is -0.380 e. The van der Waals surface area contributed by atoms with Gasteiger partial charge in [0.1, 0.15) is 0 Å². The van der Waals surface area contributed by atoms with Crippen LogP contribution >= 0.6 is 11.3 Å². The number of anilines is 1. The first-order valence-electron chi connectivity index (χ1n) is 6.80. The summed E-state index contributed by atoms with van der Waals surface area (Å²) in [5.41, 5.74) is 0. The molecule has 1 fully saturated rings. The van der Waals surface area contributed by atoms with Crippen molar-refractivity contribution in [3.8, 4) is 0 Å². The summed E-state index contributed by atoms with van der Waals surface area (Å²) in [6.45, 7) is 3.40. The molecule has 0 saturated carbocycles. The van der Waals surface area contributed by atoms with Crippen LogP contribution in [0.1, 0.15) is 13.3 Å². The number of hydrogen-bond donors (Lipinski definition) is 1. The standard InChI is InChI=1S/C12H18N4O3S2/c1-3-13-10-11(16-6-7-20-12(16)14-10)21(17,18)15-5-4-9(8-15)19-2/h6-7,9,13H,3-5,8H2,1-2H3. The number of nitrogens with zero attached hydrogens (tertiary/aromatic N) is 3. The molecule has 1 aliphatic rings. The summed E-state index contributed by atoms with van der Waals surface area (Å²) in [7, 11) is -1.98. The predicted octanol–water partition coefficient (Wildman–Crippen LogP) is 1.24. The summed E-state index contributed by atoms with van der Waals surface area (Å²) >= 11 is 1.42. The van der Waals surface area contributed by atoms with Crippen LogP contribution in [0.15, 0.2) is 16.6 Å². The van der Waals surface area contributed by atoms with Gasteiger partial charge >= 0.3 is 0 Å². The normalized spacial score (nSPS) is 20.4. The minimum atomic E-state index is -3.59. The molecule has 116 valence electrons. The van der Waals surface area contributed by atoms with E-state index >= 15 is 0 Å². The van der Waals surface area contributed by atoms with Gasteiger partial charge in [0.15, 0.2) is 15.8 Å². The van der Waals surface area contributed by atoms with Gasteiger partial charge in [-0.25, -0.2) is 13.4 Å². The van der Waals surface area contributed by atoms with E-state index in [1.54, 1.807) is 17.7 Å². The number of hydrogen-bond acceptors (Lipinski definition) is 6. The van der Waals surface area contributed by atoms with Gasteiger partial charge in [0.2, 0.25) is 0 Å². The minimum absolute atomic E-state index is 0.0340. The monoisotopic (exact) mass is 330 g/mol. The van der Waals surface area contributed by atoms with E-state index in [1.165, 1.54) is 15.6 Å². The van der Waals surface area contributed by atoms with Gasteiger partial charge in [0.25, 0.3) is 10.0 Å². The van der Waals surface area contributed by atoms with Crippen molar-refractivity contribution in [2.75, 3.05) is 32.1 Å². The summed E-state index contributed by atoms with van der Waals surface area (Å²) in [6, 6.07) is 0. The lowest BCUT2D eigenvalue weighted by Gasteiger charge is -2.16. The maximum absolute atomic E-state index is 12.9. The SMILES string of the molecule is CCNc1nc2sccn2c1S(=O)(=O)N1CCC(OC)C1. The number of ether oxygens (including phenoxy) is 1. The van der Waals surface area contributed by atoms with E-state index in [2.05, 4.69) is 10.3 Å². The second kappa shape index (κ2) is 5.56. The van der Waals surface area contributed by atoms with Crippen molar-refractivity contribution >= 4 is 32.1 Å². The lowest BCUT2D eigenvalue weighted by molar-refractivity contribution is 0.115. The van der Waals surface area contributed by atoms with Crippen molar-refractivity contribution in [1.29, 1.82) is 0 Å². The Hall–Kier alpha value is -1.16. The zero-order valence-electron chi connectivity index (χ0n) is 11.9. The van der Waals surface area contributed by atoms with E-state index in [-0.39, 0.29) is 11.1 Å². The molecule has 21 heavy (non-hydrogen) atoms. The lowest BCUT2D eigenvalue weighted by atomic mass is 10.3. The fraction of sp³-hybridized carbons (Fsp3) is 0.583.